The van der Waals surface area contributed by atoms with Crippen molar-refractivity contribution in [1.29, 1.82) is 0 Å². The highest BCUT2D eigenvalue weighted by Gasteiger charge is 2.27. The van der Waals surface area contributed by atoms with Crippen LogP contribution in [0.1, 0.15) is 17.5 Å². The standard InChI is InChI=1S/C16H20N4O2/c21-14-8-15(17-10-14)16(22)18-9-12-2-4-13(5-3-12)11-20-7-1-6-19-20/h1-7,14-15,17,21H,8-11H2,(H,18,22). The number of benzene rings is 1. The number of nitrogens with zero attached hydrogens (tertiary/aromatic N) is 2. The van der Waals surface area contributed by atoms with Crippen molar-refractivity contribution in [1.82, 2.24) is 20.4 Å². The maximum atomic E-state index is 11.9. The lowest BCUT2D eigenvalue weighted by Crippen LogP contribution is -2.39. The smallest absolute Gasteiger partial charge is 0.237 e. The van der Waals surface area contributed by atoms with Crippen molar-refractivity contribution >= 4 is 5.91 Å². The number of aromatic nitrogens is 2. The van der Waals surface area contributed by atoms with E-state index in [1.807, 2.05) is 41.2 Å². The van der Waals surface area contributed by atoms with E-state index in [-0.39, 0.29) is 11.9 Å². The molecule has 0 aliphatic carbocycles. The molecule has 2 unspecified atom stereocenters. The third kappa shape index (κ3) is 3.72. The van der Waals surface area contributed by atoms with Gasteiger partial charge < -0.3 is 15.7 Å². The Hall–Kier alpha value is -2.18. The topological polar surface area (TPSA) is 79.2 Å². The van der Waals surface area contributed by atoms with Gasteiger partial charge >= 0.3 is 0 Å². The molecule has 2 heterocycles. The molecule has 116 valence electrons. The van der Waals surface area contributed by atoms with Gasteiger partial charge in [-0.25, -0.2) is 0 Å². The molecule has 6 heteroatoms. The molecule has 0 radical (unpaired) electrons. The van der Waals surface area contributed by atoms with Crippen molar-refractivity contribution in [3.63, 3.8) is 0 Å². The molecule has 22 heavy (non-hydrogen) atoms. The van der Waals surface area contributed by atoms with Crippen LogP contribution in [0.2, 0.25) is 0 Å². The lowest BCUT2D eigenvalue weighted by atomic mass is 10.1. The monoisotopic (exact) mass is 300 g/mol. The fourth-order valence-electron chi connectivity index (χ4n) is 2.57. The van der Waals surface area contributed by atoms with E-state index in [0.29, 0.717) is 19.5 Å². The van der Waals surface area contributed by atoms with Crippen LogP contribution in [0.15, 0.2) is 42.7 Å². The van der Waals surface area contributed by atoms with Crippen LogP contribution in [0.5, 0.6) is 0 Å². The average molecular weight is 300 g/mol. The number of amides is 1. The van der Waals surface area contributed by atoms with E-state index >= 15 is 0 Å². The van der Waals surface area contributed by atoms with E-state index in [0.717, 1.165) is 12.1 Å². The zero-order valence-electron chi connectivity index (χ0n) is 12.3. The Bertz CT molecular complexity index is 610. The quantitative estimate of drug-likeness (QED) is 0.740. The van der Waals surface area contributed by atoms with Crippen LogP contribution >= 0.6 is 0 Å². The van der Waals surface area contributed by atoms with Gasteiger partial charge in [0.15, 0.2) is 0 Å². The molecule has 1 aromatic heterocycles. The minimum atomic E-state index is -0.419. The highest BCUT2D eigenvalue weighted by atomic mass is 16.3. The molecule has 6 nitrogen and oxygen atoms in total. The van der Waals surface area contributed by atoms with E-state index in [9.17, 15) is 9.90 Å². The second-order valence-corrected chi connectivity index (χ2v) is 5.59. The fourth-order valence-corrected chi connectivity index (χ4v) is 2.57. The summed E-state index contributed by atoms with van der Waals surface area (Å²) in [6, 6.07) is 9.72. The number of hydrogen-bond acceptors (Lipinski definition) is 4. The molecule has 2 atom stereocenters. The first kappa shape index (κ1) is 14.7. The SMILES string of the molecule is O=C(NCc1ccc(Cn2cccn2)cc1)C1CC(O)CN1. The van der Waals surface area contributed by atoms with E-state index in [1.165, 1.54) is 5.56 Å². The Morgan fingerprint density at radius 3 is 2.77 bits per heavy atom. The van der Waals surface area contributed by atoms with Gasteiger partial charge in [0.2, 0.25) is 5.91 Å². The summed E-state index contributed by atoms with van der Waals surface area (Å²) in [5, 5.41) is 19.5. The first-order chi connectivity index (χ1) is 10.7. The van der Waals surface area contributed by atoms with Crippen LogP contribution < -0.4 is 10.6 Å². The van der Waals surface area contributed by atoms with Crippen LogP contribution in [0, 0.1) is 0 Å². The predicted octanol–water partition coefficient (Wildman–Crippen LogP) is 0.270. The lowest BCUT2D eigenvalue weighted by Gasteiger charge is -2.11. The third-order valence-electron chi connectivity index (χ3n) is 3.82. The van der Waals surface area contributed by atoms with Crippen molar-refractivity contribution in [2.24, 2.45) is 0 Å². The number of aliphatic hydroxyl groups excluding tert-OH is 1. The molecular weight excluding hydrogens is 280 g/mol. The van der Waals surface area contributed by atoms with Crippen molar-refractivity contribution < 1.29 is 9.90 Å². The summed E-state index contributed by atoms with van der Waals surface area (Å²) in [4.78, 5) is 11.9. The summed E-state index contributed by atoms with van der Waals surface area (Å²) in [5.41, 5.74) is 2.22. The second kappa shape index (κ2) is 6.72. The van der Waals surface area contributed by atoms with E-state index < -0.39 is 6.10 Å². The summed E-state index contributed by atoms with van der Waals surface area (Å²) >= 11 is 0. The van der Waals surface area contributed by atoms with Crippen molar-refractivity contribution in [3.05, 3.63) is 53.9 Å². The van der Waals surface area contributed by atoms with Gasteiger partial charge in [0.1, 0.15) is 0 Å². The van der Waals surface area contributed by atoms with Gasteiger partial charge in [0.25, 0.3) is 0 Å². The van der Waals surface area contributed by atoms with Gasteiger partial charge in [-0.2, -0.15) is 5.10 Å². The molecule has 0 saturated carbocycles. The number of aliphatic hydroxyl groups is 1. The molecule has 3 N–H and O–H groups in total. The Morgan fingerprint density at radius 1 is 1.36 bits per heavy atom. The Kier molecular flexibility index (Phi) is 4.50. The molecule has 1 amide bonds. The Balaban J connectivity index is 1.49. The summed E-state index contributed by atoms with van der Waals surface area (Å²) in [6.07, 6.45) is 3.75. The molecule has 1 saturated heterocycles. The number of hydrogen-bond donors (Lipinski definition) is 3. The van der Waals surface area contributed by atoms with Crippen molar-refractivity contribution in [3.8, 4) is 0 Å². The number of rotatable bonds is 5. The molecule has 0 spiro atoms. The van der Waals surface area contributed by atoms with Gasteiger partial charge in [-0.1, -0.05) is 24.3 Å². The number of nitrogens with one attached hydrogen (secondary N) is 2. The van der Waals surface area contributed by atoms with Crippen LogP contribution in [0.3, 0.4) is 0 Å². The molecule has 1 aromatic carbocycles. The predicted molar refractivity (Wildman–Crippen MR) is 82.0 cm³/mol. The van der Waals surface area contributed by atoms with Gasteiger partial charge in [0, 0.05) is 25.5 Å². The highest BCUT2D eigenvalue weighted by Crippen LogP contribution is 2.08. The maximum absolute atomic E-state index is 11.9. The van der Waals surface area contributed by atoms with Crippen molar-refractivity contribution in [2.45, 2.75) is 31.7 Å². The molecule has 0 bridgehead atoms. The van der Waals surface area contributed by atoms with E-state index in [4.69, 9.17) is 0 Å². The third-order valence-corrected chi connectivity index (χ3v) is 3.82. The molecule has 2 aromatic rings. The lowest BCUT2D eigenvalue weighted by molar-refractivity contribution is -0.123. The summed E-state index contributed by atoms with van der Waals surface area (Å²) in [7, 11) is 0. The molecular formula is C16H20N4O2. The summed E-state index contributed by atoms with van der Waals surface area (Å²) in [6.45, 7) is 1.72. The molecule has 1 aliphatic heterocycles. The largest absolute Gasteiger partial charge is 0.392 e. The highest BCUT2D eigenvalue weighted by molar-refractivity contribution is 5.82. The van der Waals surface area contributed by atoms with E-state index in [2.05, 4.69) is 15.7 Å². The Morgan fingerprint density at radius 2 is 2.14 bits per heavy atom. The summed E-state index contributed by atoms with van der Waals surface area (Å²) in [5.74, 6) is -0.0582. The van der Waals surface area contributed by atoms with Crippen LogP contribution in [-0.2, 0) is 17.9 Å². The summed E-state index contributed by atoms with van der Waals surface area (Å²) < 4.78 is 1.87. The molecule has 1 aliphatic rings. The number of β-amino-alcohol motifs (C(OH)–C–C–N with tert-alkyl or cyclic N) is 1. The minimum absolute atomic E-state index is 0.0582. The Labute approximate surface area is 129 Å². The first-order valence-corrected chi connectivity index (χ1v) is 7.45. The van der Waals surface area contributed by atoms with Crippen LogP contribution in [0.25, 0.3) is 0 Å². The van der Waals surface area contributed by atoms with Crippen molar-refractivity contribution in [2.75, 3.05) is 6.54 Å². The van der Waals surface area contributed by atoms with Crippen LogP contribution in [0.4, 0.5) is 0 Å². The average Bonchev–Trinajstić information content (AvgIpc) is 3.18. The van der Waals surface area contributed by atoms with Crippen LogP contribution in [-0.4, -0.2) is 39.5 Å². The zero-order chi connectivity index (χ0) is 15.4. The second-order valence-electron chi connectivity index (χ2n) is 5.59. The van der Waals surface area contributed by atoms with Gasteiger partial charge in [-0.05, 0) is 23.6 Å². The number of carbonyl (C=O) groups is 1. The first-order valence-electron chi connectivity index (χ1n) is 7.45. The maximum Gasteiger partial charge on any atom is 0.237 e. The fraction of sp³-hybridized carbons (Fsp3) is 0.375. The minimum Gasteiger partial charge on any atom is -0.392 e. The van der Waals surface area contributed by atoms with Gasteiger partial charge in [-0.15, -0.1) is 0 Å². The molecule has 3 rings (SSSR count). The normalized spacial score (nSPS) is 21.0. The van der Waals surface area contributed by atoms with E-state index in [1.54, 1.807) is 6.20 Å². The van der Waals surface area contributed by atoms with Gasteiger partial charge in [0.05, 0.1) is 18.7 Å². The van der Waals surface area contributed by atoms with Gasteiger partial charge in [-0.3, -0.25) is 9.48 Å². The molecule has 1 fully saturated rings. The number of carbonyl (C=O) groups excluding carboxylic acids is 1. The zero-order valence-corrected chi connectivity index (χ0v) is 12.3.